The van der Waals surface area contributed by atoms with E-state index in [0.29, 0.717) is 23.9 Å². The second-order valence-electron chi connectivity index (χ2n) is 6.32. The zero-order chi connectivity index (χ0) is 19.7. The van der Waals surface area contributed by atoms with Crippen LogP contribution >= 0.6 is 15.9 Å². The number of nitrogens with one attached hydrogen (secondary N) is 1. The van der Waals surface area contributed by atoms with Gasteiger partial charge in [0.1, 0.15) is 5.82 Å². The van der Waals surface area contributed by atoms with E-state index in [9.17, 15) is 9.90 Å². The third-order valence-electron chi connectivity index (χ3n) is 4.31. The summed E-state index contributed by atoms with van der Waals surface area (Å²) < 4.78 is 4.31. The van der Waals surface area contributed by atoms with Crippen LogP contribution in [0.4, 0.5) is 5.82 Å². The van der Waals surface area contributed by atoms with Crippen molar-refractivity contribution in [3.8, 4) is 5.95 Å². The van der Waals surface area contributed by atoms with E-state index in [0.717, 1.165) is 21.2 Å². The molecular weight excluding hydrogens is 422 g/mol. The van der Waals surface area contributed by atoms with E-state index in [1.54, 1.807) is 22.9 Å². The average molecular weight is 440 g/mol. The predicted molar refractivity (Wildman–Crippen MR) is 111 cm³/mol. The number of hydrogen-bond acceptors (Lipinski definition) is 4. The Morgan fingerprint density at radius 1 is 1.18 bits per heavy atom. The van der Waals surface area contributed by atoms with Gasteiger partial charge in [-0.05, 0) is 37.3 Å². The van der Waals surface area contributed by atoms with E-state index in [2.05, 4.69) is 31.3 Å². The number of para-hydroxylation sites is 2. The molecule has 2 heterocycles. The standard InChI is InChI=1S/C20H18BrN5O2/c1-13-11-18(23-19(28)14-5-4-6-15(21)12-14)26(24-13)20-22-16-7-2-3-8-17(16)25(20)9-10-27/h2-8,11-12,27H,9-10H2,1H3,(H,23,28). The maximum absolute atomic E-state index is 12.7. The van der Waals surface area contributed by atoms with Crippen molar-refractivity contribution in [3.05, 3.63) is 70.3 Å². The molecule has 0 saturated carbocycles. The molecule has 8 heteroatoms. The summed E-state index contributed by atoms with van der Waals surface area (Å²) in [5.74, 6) is 0.803. The number of carbonyl (C=O) groups excluding carboxylic acids is 1. The number of fused-ring (bicyclic) bond motifs is 1. The number of halogens is 1. The van der Waals surface area contributed by atoms with Crippen LogP contribution in [0, 0.1) is 6.92 Å². The Hall–Kier alpha value is -2.97. The van der Waals surface area contributed by atoms with Crippen molar-refractivity contribution < 1.29 is 9.90 Å². The van der Waals surface area contributed by atoms with Gasteiger partial charge >= 0.3 is 0 Å². The van der Waals surface area contributed by atoms with Gasteiger partial charge in [0.15, 0.2) is 0 Å². The molecule has 2 aromatic carbocycles. The molecule has 2 aromatic heterocycles. The van der Waals surface area contributed by atoms with Crippen LogP contribution in [0.5, 0.6) is 0 Å². The Morgan fingerprint density at radius 2 is 2.00 bits per heavy atom. The zero-order valence-corrected chi connectivity index (χ0v) is 16.7. The summed E-state index contributed by atoms with van der Waals surface area (Å²) in [4.78, 5) is 17.4. The molecule has 0 radical (unpaired) electrons. The van der Waals surface area contributed by atoms with Gasteiger partial charge in [-0.1, -0.05) is 34.1 Å². The fraction of sp³-hybridized carbons (Fsp3) is 0.150. The van der Waals surface area contributed by atoms with Gasteiger partial charge in [-0.2, -0.15) is 9.78 Å². The van der Waals surface area contributed by atoms with Gasteiger partial charge in [0.2, 0.25) is 5.95 Å². The van der Waals surface area contributed by atoms with Crippen molar-refractivity contribution >= 4 is 38.7 Å². The van der Waals surface area contributed by atoms with Crippen molar-refractivity contribution in [3.63, 3.8) is 0 Å². The topological polar surface area (TPSA) is 85.0 Å². The van der Waals surface area contributed by atoms with Gasteiger partial charge in [-0.3, -0.25) is 4.79 Å². The number of hydrogen-bond donors (Lipinski definition) is 2. The summed E-state index contributed by atoms with van der Waals surface area (Å²) in [5, 5.41) is 16.9. The number of benzene rings is 2. The third-order valence-corrected chi connectivity index (χ3v) is 4.80. The van der Waals surface area contributed by atoms with Crippen LogP contribution in [0.2, 0.25) is 0 Å². The molecule has 0 aliphatic carbocycles. The van der Waals surface area contributed by atoms with Crippen molar-refractivity contribution in [2.45, 2.75) is 13.5 Å². The minimum absolute atomic E-state index is 0.0344. The van der Waals surface area contributed by atoms with E-state index < -0.39 is 0 Å². The first kappa shape index (κ1) is 18.4. The molecule has 0 saturated heterocycles. The SMILES string of the molecule is Cc1cc(NC(=O)c2cccc(Br)c2)n(-c2nc3ccccc3n2CCO)n1. The maximum atomic E-state index is 12.7. The molecule has 0 fully saturated rings. The Morgan fingerprint density at radius 3 is 2.79 bits per heavy atom. The molecule has 0 bridgehead atoms. The van der Waals surface area contributed by atoms with Gasteiger partial charge in [0.25, 0.3) is 5.91 Å². The van der Waals surface area contributed by atoms with Crippen molar-refractivity contribution in [2.75, 3.05) is 11.9 Å². The zero-order valence-electron chi connectivity index (χ0n) is 15.1. The van der Waals surface area contributed by atoms with Crippen molar-refractivity contribution in [2.24, 2.45) is 0 Å². The number of carbonyl (C=O) groups is 1. The minimum Gasteiger partial charge on any atom is -0.395 e. The summed E-state index contributed by atoms with van der Waals surface area (Å²) in [6, 6.07) is 16.6. The summed E-state index contributed by atoms with van der Waals surface area (Å²) in [7, 11) is 0. The van der Waals surface area contributed by atoms with Crippen LogP contribution in [-0.2, 0) is 6.54 Å². The summed E-state index contributed by atoms with van der Waals surface area (Å²) in [5.41, 5.74) is 2.96. The normalized spacial score (nSPS) is 11.1. The lowest BCUT2D eigenvalue weighted by atomic mass is 10.2. The van der Waals surface area contributed by atoms with Gasteiger partial charge in [0, 0.05) is 22.6 Å². The molecule has 0 aliphatic rings. The van der Waals surface area contributed by atoms with Crippen molar-refractivity contribution in [1.29, 1.82) is 0 Å². The lowest BCUT2D eigenvalue weighted by Crippen LogP contribution is -2.17. The number of nitrogens with zero attached hydrogens (tertiary/aromatic N) is 4. The quantitative estimate of drug-likeness (QED) is 0.497. The lowest BCUT2D eigenvalue weighted by Gasteiger charge is -2.11. The largest absolute Gasteiger partial charge is 0.395 e. The molecule has 4 aromatic rings. The van der Waals surface area contributed by atoms with Gasteiger partial charge in [-0.25, -0.2) is 4.98 Å². The maximum Gasteiger partial charge on any atom is 0.256 e. The second-order valence-corrected chi connectivity index (χ2v) is 7.24. The molecule has 2 N–H and O–H groups in total. The van der Waals surface area contributed by atoms with Crippen molar-refractivity contribution in [1.82, 2.24) is 19.3 Å². The Kier molecular flexibility index (Phi) is 4.97. The van der Waals surface area contributed by atoms with E-state index in [1.807, 2.05) is 47.9 Å². The number of aliphatic hydroxyl groups is 1. The van der Waals surface area contributed by atoms with Gasteiger partial charge in [0.05, 0.1) is 23.3 Å². The molecule has 142 valence electrons. The minimum atomic E-state index is -0.243. The molecule has 28 heavy (non-hydrogen) atoms. The molecule has 0 unspecified atom stereocenters. The molecule has 4 rings (SSSR count). The highest BCUT2D eigenvalue weighted by Gasteiger charge is 2.18. The second kappa shape index (κ2) is 7.57. The van der Waals surface area contributed by atoms with Gasteiger partial charge < -0.3 is 15.0 Å². The van der Waals surface area contributed by atoms with E-state index >= 15 is 0 Å². The van der Waals surface area contributed by atoms with Crippen LogP contribution in [0.15, 0.2) is 59.1 Å². The number of aryl methyl sites for hydroxylation is 1. The van der Waals surface area contributed by atoms with Crippen LogP contribution in [-0.4, -0.2) is 37.0 Å². The molecule has 1 amide bonds. The molecule has 7 nitrogen and oxygen atoms in total. The third kappa shape index (κ3) is 3.44. The first-order valence-electron chi connectivity index (χ1n) is 8.77. The summed E-state index contributed by atoms with van der Waals surface area (Å²) in [6.45, 7) is 2.19. The summed E-state index contributed by atoms with van der Waals surface area (Å²) >= 11 is 3.38. The van der Waals surface area contributed by atoms with E-state index in [4.69, 9.17) is 0 Å². The number of imidazole rings is 1. The first-order valence-corrected chi connectivity index (χ1v) is 9.56. The van der Waals surface area contributed by atoms with Gasteiger partial charge in [-0.15, -0.1) is 0 Å². The average Bonchev–Trinajstić information content (AvgIpc) is 3.22. The highest BCUT2D eigenvalue weighted by atomic mass is 79.9. The Labute approximate surface area is 169 Å². The summed E-state index contributed by atoms with van der Waals surface area (Å²) in [6.07, 6.45) is 0. The number of aliphatic hydroxyl groups excluding tert-OH is 1. The highest BCUT2D eigenvalue weighted by Crippen LogP contribution is 2.23. The number of rotatable bonds is 5. The molecule has 0 spiro atoms. The lowest BCUT2D eigenvalue weighted by molar-refractivity contribution is 0.102. The van der Waals surface area contributed by atoms with Crippen LogP contribution in [0.1, 0.15) is 16.1 Å². The van der Waals surface area contributed by atoms with E-state index in [1.165, 1.54) is 0 Å². The predicted octanol–water partition coefficient (Wildman–Crippen LogP) is 3.54. The van der Waals surface area contributed by atoms with E-state index in [-0.39, 0.29) is 12.5 Å². The number of aromatic nitrogens is 4. The van der Waals surface area contributed by atoms with Crippen LogP contribution in [0.25, 0.3) is 17.0 Å². The van der Waals surface area contributed by atoms with Crippen LogP contribution < -0.4 is 5.32 Å². The molecule has 0 atom stereocenters. The van der Waals surface area contributed by atoms with Crippen LogP contribution in [0.3, 0.4) is 0 Å². The number of anilines is 1. The number of amides is 1. The molecular formula is C20H18BrN5O2. The molecule has 0 aliphatic heterocycles. The smallest absolute Gasteiger partial charge is 0.256 e. The Balaban J connectivity index is 1.77. The highest BCUT2D eigenvalue weighted by molar-refractivity contribution is 9.10. The fourth-order valence-electron chi connectivity index (χ4n) is 3.10. The first-order chi connectivity index (χ1) is 13.6. The monoisotopic (exact) mass is 439 g/mol. The Bertz CT molecular complexity index is 1160. The fourth-order valence-corrected chi connectivity index (χ4v) is 3.50.